The Bertz CT molecular complexity index is 404. The summed E-state index contributed by atoms with van der Waals surface area (Å²) in [5.41, 5.74) is 0. The molecule has 0 radical (unpaired) electrons. The molecule has 1 rings (SSSR count). The zero-order valence-corrected chi connectivity index (χ0v) is 15.2. The van der Waals surface area contributed by atoms with E-state index in [-0.39, 0.29) is 36.7 Å². The van der Waals surface area contributed by atoms with Crippen molar-refractivity contribution in [3.05, 3.63) is 0 Å². The molecule has 4 N–H and O–H groups in total. The number of likely N-dealkylation sites (N-methyl/N-ethyl adjacent to an activating group) is 1. The molecule has 8 heteroatoms. The van der Waals surface area contributed by atoms with E-state index in [0.29, 0.717) is 19.5 Å². The molecule has 0 spiro atoms. The van der Waals surface area contributed by atoms with Gasteiger partial charge in [0.15, 0.2) is 0 Å². The molecule has 0 unspecified atom stereocenters. The van der Waals surface area contributed by atoms with Gasteiger partial charge < -0.3 is 30.7 Å². The van der Waals surface area contributed by atoms with Crippen LogP contribution in [0.4, 0.5) is 4.79 Å². The molecule has 1 fully saturated rings. The van der Waals surface area contributed by atoms with Gasteiger partial charge in [-0.25, -0.2) is 4.79 Å². The molecule has 0 aromatic rings. The second-order valence-electron chi connectivity index (χ2n) is 6.81. The van der Waals surface area contributed by atoms with Gasteiger partial charge in [-0.1, -0.05) is 0 Å². The first-order chi connectivity index (χ1) is 11.3. The van der Waals surface area contributed by atoms with Crippen LogP contribution in [-0.4, -0.2) is 80.0 Å². The average molecular weight is 344 g/mol. The summed E-state index contributed by atoms with van der Waals surface area (Å²) >= 11 is 0. The second-order valence-corrected chi connectivity index (χ2v) is 6.81. The van der Waals surface area contributed by atoms with Gasteiger partial charge in [-0.3, -0.25) is 4.79 Å². The Kier molecular flexibility index (Phi) is 9.02. The van der Waals surface area contributed by atoms with Crippen LogP contribution in [0, 0.1) is 0 Å². The van der Waals surface area contributed by atoms with E-state index in [1.807, 2.05) is 27.9 Å². The van der Waals surface area contributed by atoms with Crippen LogP contribution < -0.4 is 16.0 Å². The Balaban J connectivity index is 2.33. The predicted molar refractivity (Wildman–Crippen MR) is 91.8 cm³/mol. The molecule has 8 nitrogen and oxygen atoms in total. The number of aliphatic hydroxyl groups excluding tert-OH is 1. The first kappa shape index (κ1) is 20.7. The number of carbonyl (C=O) groups is 2. The lowest BCUT2D eigenvalue weighted by Gasteiger charge is -2.36. The molecule has 0 saturated carbocycles. The van der Waals surface area contributed by atoms with Crippen LogP contribution in [0.3, 0.4) is 0 Å². The third-order valence-corrected chi connectivity index (χ3v) is 3.77. The van der Waals surface area contributed by atoms with Gasteiger partial charge in [0.1, 0.15) is 6.10 Å². The number of hydrogen-bond acceptors (Lipinski definition) is 5. The number of nitrogens with zero attached hydrogens (tertiary/aromatic N) is 1. The first-order valence-corrected chi connectivity index (χ1v) is 8.56. The van der Waals surface area contributed by atoms with E-state index in [1.54, 1.807) is 4.90 Å². The van der Waals surface area contributed by atoms with Crippen molar-refractivity contribution in [3.8, 4) is 0 Å². The average Bonchev–Trinajstić information content (AvgIpc) is 2.46. The number of amides is 3. The molecule has 1 saturated heterocycles. The van der Waals surface area contributed by atoms with Gasteiger partial charge in [0.2, 0.25) is 5.91 Å². The molecule has 3 amide bonds. The van der Waals surface area contributed by atoms with E-state index >= 15 is 0 Å². The highest BCUT2D eigenvalue weighted by atomic mass is 16.5. The summed E-state index contributed by atoms with van der Waals surface area (Å²) in [7, 11) is 3.66. The number of hydrogen-bond donors (Lipinski definition) is 4. The highest BCUT2D eigenvalue weighted by Crippen LogP contribution is 2.21. The Morgan fingerprint density at radius 1 is 1.29 bits per heavy atom. The van der Waals surface area contributed by atoms with Crippen LogP contribution in [0.2, 0.25) is 0 Å². The summed E-state index contributed by atoms with van der Waals surface area (Å²) in [5.74, 6) is -0.0717. The van der Waals surface area contributed by atoms with Crippen LogP contribution >= 0.6 is 0 Å². The van der Waals surface area contributed by atoms with Gasteiger partial charge in [0, 0.05) is 12.6 Å². The standard InChI is InChI=1S/C16H32N4O4/c1-11(2)18-16(23)17-8-7-12-5-6-13(14(10-21)24-12)19-15(22)9-20(3)4/h11-14,21H,5-10H2,1-4H3,(H,19,22)(H2,17,18,23)/t12-,13+,14+/m1/s1. The zero-order valence-electron chi connectivity index (χ0n) is 15.2. The summed E-state index contributed by atoms with van der Waals surface area (Å²) in [6.07, 6.45) is 1.80. The van der Waals surface area contributed by atoms with Gasteiger partial charge in [0.05, 0.1) is 25.3 Å². The smallest absolute Gasteiger partial charge is 0.314 e. The SMILES string of the molecule is CC(C)NC(=O)NCC[C@H]1CC[C@H](NC(=O)CN(C)C)[C@H](CO)O1. The molecule has 0 bridgehead atoms. The fourth-order valence-electron chi connectivity index (χ4n) is 2.71. The third-order valence-electron chi connectivity index (χ3n) is 3.77. The van der Waals surface area contributed by atoms with E-state index in [9.17, 15) is 14.7 Å². The fraction of sp³-hybridized carbons (Fsp3) is 0.875. The minimum Gasteiger partial charge on any atom is -0.394 e. The molecule has 1 aliphatic heterocycles. The highest BCUT2D eigenvalue weighted by molar-refractivity contribution is 5.78. The fourth-order valence-corrected chi connectivity index (χ4v) is 2.71. The second kappa shape index (κ2) is 10.5. The van der Waals surface area contributed by atoms with Crippen molar-refractivity contribution in [3.63, 3.8) is 0 Å². The van der Waals surface area contributed by atoms with Crippen molar-refractivity contribution >= 4 is 11.9 Å². The molecule has 1 aliphatic rings. The van der Waals surface area contributed by atoms with Crippen LogP contribution in [0.1, 0.15) is 33.1 Å². The maximum Gasteiger partial charge on any atom is 0.314 e. The van der Waals surface area contributed by atoms with Crippen molar-refractivity contribution in [2.45, 2.75) is 57.4 Å². The quantitative estimate of drug-likeness (QED) is 0.483. The van der Waals surface area contributed by atoms with Gasteiger partial charge in [-0.05, 0) is 47.2 Å². The van der Waals surface area contributed by atoms with Crippen LogP contribution in [0.15, 0.2) is 0 Å². The van der Waals surface area contributed by atoms with Crippen molar-refractivity contribution in [1.82, 2.24) is 20.9 Å². The number of urea groups is 1. The maximum absolute atomic E-state index is 11.9. The van der Waals surface area contributed by atoms with Crippen molar-refractivity contribution in [2.24, 2.45) is 0 Å². The van der Waals surface area contributed by atoms with Crippen LogP contribution in [0.5, 0.6) is 0 Å². The van der Waals surface area contributed by atoms with E-state index in [0.717, 1.165) is 12.8 Å². The molecule has 3 atom stereocenters. The molecule has 0 aromatic carbocycles. The normalized spacial score (nSPS) is 24.0. The summed E-state index contributed by atoms with van der Waals surface area (Å²) in [6, 6.07) is -0.259. The lowest BCUT2D eigenvalue weighted by molar-refractivity contribution is -0.129. The van der Waals surface area contributed by atoms with Crippen molar-refractivity contribution in [2.75, 3.05) is 33.8 Å². The van der Waals surface area contributed by atoms with Gasteiger partial charge >= 0.3 is 6.03 Å². The summed E-state index contributed by atoms with van der Waals surface area (Å²) in [6.45, 7) is 4.50. The molecular formula is C16H32N4O4. The molecule has 24 heavy (non-hydrogen) atoms. The Morgan fingerprint density at radius 3 is 2.58 bits per heavy atom. The molecule has 0 aromatic heterocycles. The van der Waals surface area contributed by atoms with E-state index < -0.39 is 6.10 Å². The Morgan fingerprint density at radius 2 is 2.00 bits per heavy atom. The van der Waals surface area contributed by atoms with Gasteiger partial charge in [0.25, 0.3) is 0 Å². The van der Waals surface area contributed by atoms with E-state index in [1.165, 1.54) is 0 Å². The summed E-state index contributed by atoms with van der Waals surface area (Å²) < 4.78 is 5.87. The number of nitrogens with one attached hydrogen (secondary N) is 3. The van der Waals surface area contributed by atoms with Crippen LogP contribution in [-0.2, 0) is 9.53 Å². The number of rotatable bonds is 8. The summed E-state index contributed by atoms with van der Waals surface area (Å²) in [4.78, 5) is 25.2. The van der Waals surface area contributed by atoms with E-state index in [2.05, 4.69) is 16.0 Å². The Hall–Kier alpha value is -1.38. The molecule has 0 aliphatic carbocycles. The molecule has 140 valence electrons. The van der Waals surface area contributed by atoms with E-state index in [4.69, 9.17) is 4.74 Å². The minimum atomic E-state index is -0.403. The molecular weight excluding hydrogens is 312 g/mol. The highest BCUT2D eigenvalue weighted by Gasteiger charge is 2.31. The number of ether oxygens (including phenoxy) is 1. The lowest BCUT2D eigenvalue weighted by Crippen LogP contribution is -2.52. The van der Waals surface area contributed by atoms with Gasteiger partial charge in [-0.15, -0.1) is 0 Å². The minimum absolute atomic E-state index is 0.0245. The maximum atomic E-state index is 11.9. The van der Waals surface area contributed by atoms with Crippen molar-refractivity contribution < 1.29 is 19.4 Å². The first-order valence-electron chi connectivity index (χ1n) is 8.56. The van der Waals surface area contributed by atoms with Crippen LogP contribution in [0.25, 0.3) is 0 Å². The Labute approximate surface area is 144 Å². The number of aliphatic hydroxyl groups is 1. The monoisotopic (exact) mass is 344 g/mol. The zero-order chi connectivity index (χ0) is 18.1. The number of carbonyl (C=O) groups excluding carboxylic acids is 2. The van der Waals surface area contributed by atoms with Crippen molar-refractivity contribution in [1.29, 1.82) is 0 Å². The molecule has 1 heterocycles. The topological polar surface area (TPSA) is 103 Å². The third kappa shape index (κ3) is 7.94. The summed E-state index contributed by atoms with van der Waals surface area (Å²) in [5, 5.41) is 18.0. The van der Waals surface area contributed by atoms with Gasteiger partial charge in [-0.2, -0.15) is 0 Å². The predicted octanol–water partition coefficient (Wildman–Crippen LogP) is -0.330. The largest absolute Gasteiger partial charge is 0.394 e. The lowest BCUT2D eigenvalue weighted by atomic mass is 9.97.